The Kier molecular flexibility index (Phi) is 8.31. The summed E-state index contributed by atoms with van der Waals surface area (Å²) in [7, 11) is -3.80. The molecule has 0 aliphatic heterocycles. The van der Waals surface area contributed by atoms with Gasteiger partial charge in [0.1, 0.15) is 6.04 Å². The van der Waals surface area contributed by atoms with Crippen molar-refractivity contribution < 1.29 is 27.5 Å². The minimum atomic E-state index is -3.80. The first-order valence-electron chi connectivity index (χ1n) is 6.25. The molecule has 0 aromatic heterocycles. The van der Waals surface area contributed by atoms with Crippen molar-refractivity contribution in [1.29, 1.82) is 0 Å². The number of hydrogen-bond acceptors (Lipinski definition) is 4. The average Bonchev–Trinajstić information content (AvgIpc) is 2.33. The quantitative estimate of drug-likeness (QED) is 0.552. The van der Waals surface area contributed by atoms with Crippen molar-refractivity contribution >= 4 is 21.9 Å². The summed E-state index contributed by atoms with van der Waals surface area (Å²) in [5.74, 6) is -1.92. The smallest absolute Gasteiger partial charge is 0.321 e. The minimum absolute atomic E-state index is 0.0231. The molecule has 118 valence electrons. The number of carboxylic acids is 1. The molecule has 0 aromatic rings. The van der Waals surface area contributed by atoms with Crippen LogP contribution in [0.15, 0.2) is 0 Å². The monoisotopic (exact) mass is 312 g/mol. The number of halogens is 1. The van der Waals surface area contributed by atoms with E-state index in [4.69, 9.17) is 5.11 Å². The topological polar surface area (TPSA) is 104 Å². The summed E-state index contributed by atoms with van der Waals surface area (Å²) in [6.45, 7) is 1.81. The molecule has 7 nitrogen and oxygen atoms in total. The van der Waals surface area contributed by atoms with Crippen LogP contribution in [-0.2, 0) is 19.6 Å². The lowest BCUT2D eigenvalue weighted by Crippen LogP contribution is -2.47. The number of carboxylic acid groups (broad SMARTS) is 1. The first kappa shape index (κ1) is 18.8. The lowest BCUT2D eigenvalue weighted by atomic mass is 10.3. The number of nitrogens with one attached hydrogen (secondary N) is 1. The Hall–Kier alpha value is -1.22. The number of carbonyl (C=O) groups excluding carboxylic acids is 1. The van der Waals surface area contributed by atoms with E-state index in [1.165, 1.54) is 13.8 Å². The van der Waals surface area contributed by atoms with Gasteiger partial charge in [-0.2, -0.15) is 4.31 Å². The van der Waals surface area contributed by atoms with Crippen molar-refractivity contribution in [3.63, 3.8) is 0 Å². The van der Waals surface area contributed by atoms with Gasteiger partial charge < -0.3 is 10.4 Å². The molecule has 0 aliphatic rings. The Balaban J connectivity index is 4.81. The van der Waals surface area contributed by atoms with Crippen LogP contribution in [0, 0.1) is 0 Å². The molecule has 1 unspecified atom stereocenters. The first-order chi connectivity index (χ1) is 9.22. The van der Waals surface area contributed by atoms with E-state index in [-0.39, 0.29) is 37.6 Å². The lowest BCUT2D eigenvalue weighted by molar-refractivity contribution is -0.140. The van der Waals surface area contributed by atoms with Gasteiger partial charge in [-0.3, -0.25) is 14.0 Å². The van der Waals surface area contributed by atoms with Gasteiger partial charge in [-0.05, 0) is 19.8 Å². The maximum Gasteiger partial charge on any atom is 0.321 e. The standard InChI is InChI=1S/C11H21FN2O5S/c1-9(11(16)17)14(7-6-13-10(2)15)20(18,19)8-4-3-5-12/h9H,3-8H2,1-2H3,(H,13,15)(H,16,17). The van der Waals surface area contributed by atoms with E-state index in [0.717, 1.165) is 4.31 Å². The van der Waals surface area contributed by atoms with Gasteiger partial charge in [0.15, 0.2) is 0 Å². The highest BCUT2D eigenvalue weighted by Crippen LogP contribution is 2.10. The number of rotatable bonds is 10. The predicted octanol–water partition coefficient (Wildman–Crippen LogP) is -0.0229. The third-order valence-corrected chi connectivity index (χ3v) is 4.66. The Bertz CT molecular complexity index is 427. The van der Waals surface area contributed by atoms with Crippen LogP contribution < -0.4 is 5.32 Å². The fraction of sp³-hybridized carbons (Fsp3) is 0.818. The molecule has 0 aliphatic carbocycles. The van der Waals surface area contributed by atoms with Crippen LogP contribution in [0.4, 0.5) is 4.39 Å². The van der Waals surface area contributed by atoms with Gasteiger partial charge in [-0.1, -0.05) is 0 Å². The molecule has 0 saturated heterocycles. The summed E-state index contributed by atoms with van der Waals surface area (Å²) in [4.78, 5) is 21.7. The molecule has 0 fully saturated rings. The molecule has 0 rings (SSSR count). The van der Waals surface area contributed by atoms with Crippen molar-refractivity contribution in [2.45, 2.75) is 32.7 Å². The summed E-state index contributed by atoms with van der Waals surface area (Å²) in [6.07, 6.45) is 0.238. The number of aliphatic carboxylic acids is 1. The lowest BCUT2D eigenvalue weighted by Gasteiger charge is -2.25. The van der Waals surface area contributed by atoms with Gasteiger partial charge in [0, 0.05) is 20.0 Å². The van der Waals surface area contributed by atoms with Crippen LogP contribution in [0.1, 0.15) is 26.7 Å². The highest BCUT2D eigenvalue weighted by molar-refractivity contribution is 7.89. The number of amides is 1. The van der Waals surface area contributed by atoms with Crippen molar-refractivity contribution in [1.82, 2.24) is 9.62 Å². The van der Waals surface area contributed by atoms with Gasteiger partial charge in [-0.15, -0.1) is 0 Å². The van der Waals surface area contributed by atoms with Crippen LogP contribution in [0.2, 0.25) is 0 Å². The van der Waals surface area contributed by atoms with Crippen molar-refractivity contribution in [3.8, 4) is 0 Å². The molecule has 0 aromatic carbocycles. The van der Waals surface area contributed by atoms with Crippen molar-refractivity contribution in [2.24, 2.45) is 0 Å². The first-order valence-corrected chi connectivity index (χ1v) is 7.86. The van der Waals surface area contributed by atoms with E-state index in [0.29, 0.717) is 0 Å². The fourth-order valence-electron chi connectivity index (χ4n) is 1.54. The van der Waals surface area contributed by atoms with Crippen LogP contribution in [0.5, 0.6) is 0 Å². The average molecular weight is 312 g/mol. The number of hydrogen-bond donors (Lipinski definition) is 2. The largest absolute Gasteiger partial charge is 0.480 e. The normalized spacial score (nSPS) is 13.2. The van der Waals surface area contributed by atoms with Gasteiger partial charge >= 0.3 is 5.97 Å². The highest BCUT2D eigenvalue weighted by Gasteiger charge is 2.30. The zero-order chi connectivity index (χ0) is 15.8. The molecule has 0 bridgehead atoms. The van der Waals surface area contributed by atoms with Crippen LogP contribution in [0.25, 0.3) is 0 Å². The predicted molar refractivity (Wildman–Crippen MR) is 71.5 cm³/mol. The number of carbonyl (C=O) groups is 2. The van der Waals surface area contributed by atoms with Crippen LogP contribution in [0.3, 0.4) is 0 Å². The summed E-state index contributed by atoms with van der Waals surface area (Å²) in [6, 6.07) is -1.24. The molecule has 1 atom stereocenters. The highest BCUT2D eigenvalue weighted by atomic mass is 32.2. The van der Waals surface area contributed by atoms with Gasteiger partial charge in [-0.25, -0.2) is 8.42 Å². The molecule has 1 amide bonds. The van der Waals surface area contributed by atoms with Crippen molar-refractivity contribution in [3.05, 3.63) is 0 Å². The molecular formula is C11H21FN2O5S. The minimum Gasteiger partial charge on any atom is -0.480 e. The second-order valence-corrected chi connectivity index (χ2v) is 6.36. The fourth-order valence-corrected chi connectivity index (χ4v) is 3.28. The second-order valence-electron chi connectivity index (χ2n) is 4.32. The third kappa shape index (κ3) is 6.80. The Labute approximate surface area is 118 Å². The molecule has 0 radical (unpaired) electrons. The van der Waals surface area contributed by atoms with Gasteiger partial charge in [0.2, 0.25) is 15.9 Å². The number of alkyl halides is 1. The van der Waals surface area contributed by atoms with Crippen LogP contribution >= 0.6 is 0 Å². The second kappa shape index (κ2) is 8.85. The summed E-state index contributed by atoms with van der Waals surface area (Å²) < 4.78 is 36.9. The maximum absolute atomic E-state index is 12.1. The zero-order valence-corrected chi connectivity index (χ0v) is 12.5. The van der Waals surface area contributed by atoms with E-state index in [2.05, 4.69) is 5.32 Å². The van der Waals surface area contributed by atoms with E-state index in [1.54, 1.807) is 0 Å². The summed E-state index contributed by atoms with van der Waals surface area (Å²) in [5, 5.41) is 11.4. The van der Waals surface area contributed by atoms with E-state index < -0.39 is 28.7 Å². The Morgan fingerprint density at radius 3 is 2.40 bits per heavy atom. The Morgan fingerprint density at radius 1 is 1.35 bits per heavy atom. The number of unbranched alkanes of at least 4 members (excludes halogenated alkanes) is 1. The Morgan fingerprint density at radius 2 is 1.95 bits per heavy atom. The SMILES string of the molecule is CC(=O)NCCN(C(C)C(=O)O)S(=O)(=O)CCCCF. The molecule has 9 heteroatoms. The maximum atomic E-state index is 12.1. The van der Waals surface area contributed by atoms with Crippen LogP contribution in [-0.4, -0.2) is 61.3 Å². The van der Waals surface area contributed by atoms with Gasteiger partial charge in [0.25, 0.3) is 0 Å². The number of nitrogens with zero attached hydrogens (tertiary/aromatic N) is 1. The summed E-state index contributed by atoms with van der Waals surface area (Å²) >= 11 is 0. The summed E-state index contributed by atoms with van der Waals surface area (Å²) in [5.41, 5.74) is 0. The van der Waals surface area contributed by atoms with Crippen molar-refractivity contribution in [2.75, 3.05) is 25.5 Å². The zero-order valence-electron chi connectivity index (χ0n) is 11.6. The van der Waals surface area contributed by atoms with E-state index in [9.17, 15) is 22.4 Å². The molecule has 2 N–H and O–H groups in total. The molecule has 0 spiro atoms. The number of sulfonamides is 1. The van der Waals surface area contributed by atoms with E-state index >= 15 is 0 Å². The molecule has 0 heterocycles. The molecule has 0 saturated carbocycles. The molecule has 20 heavy (non-hydrogen) atoms. The molecular weight excluding hydrogens is 291 g/mol. The van der Waals surface area contributed by atoms with E-state index in [1.807, 2.05) is 0 Å². The van der Waals surface area contributed by atoms with Gasteiger partial charge in [0.05, 0.1) is 12.4 Å². The third-order valence-electron chi connectivity index (χ3n) is 2.64.